The van der Waals surface area contributed by atoms with E-state index < -0.39 is 0 Å². The highest BCUT2D eigenvalue weighted by atomic mass is 35.5. The van der Waals surface area contributed by atoms with E-state index in [1.165, 1.54) is 130 Å². The second-order valence-electron chi connectivity index (χ2n) is 16.8. The molecule has 0 saturated heterocycles. The van der Waals surface area contributed by atoms with E-state index >= 15 is 0 Å². The minimum Gasteiger partial charge on any atom is -0.0945 e. The predicted molar refractivity (Wildman–Crippen MR) is 249 cm³/mol. The third-order valence-electron chi connectivity index (χ3n) is 12.2. The van der Waals surface area contributed by atoms with Gasteiger partial charge in [-0.25, -0.2) is 0 Å². The van der Waals surface area contributed by atoms with Crippen molar-refractivity contribution in [2.24, 2.45) is 11.8 Å². The molecule has 0 nitrogen and oxygen atoms in total. The van der Waals surface area contributed by atoms with Gasteiger partial charge in [0.2, 0.25) is 0 Å². The minimum atomic E-state index is 0.522. The third-order valence-corrected chi connectivity index (χ3v) is 12.9. The second-order valence-corrected chi connectivity index (χ2v) is 17.6. The first-order valence-electron chi connectivity index (χ1n) is 22.7. The van der Waals surface area contributed by atoms with Crippen molar-refractivity contribution >= 4 is 23.2 Å². The van der Waals surface area contributed by atoms with Crippen molar-refractivity contribution in [3.8, 4) is 23.7 Å². The number of hydrogen-bond acceptors (Lipinski definition) is 0. The largest absolute Gasteiger partial charge is 0.0945 e. The molecule has 4 aromatic rings. The Morgan fingerprint density at radius 1 is 0.439 bits per heavy atom. The molecule has 0 N–H and O–H groups in total. The lowest BCUT2D eigenvalue weighted by Gasteiger charge is -2.26. The van der Waals surface area contributed by atoms with E-state index in [0.717, 1.165) is 46.9 Å². The number of hydrogen-bond donors (Lipinski definition) is 0. The maximum absolute atomic E-state index is 6.40. The van der Waals surface area contributed by atoms with Gasteiger partial charge in [-0.05, 0) is 159 Å². The molecule has 2 aliphatic rings. The molecule has 0 amide bonds. The fraction of sp³-hybridized carbons (Fsp3) is 0.491. The average Bonchev–Trinajstić information content (AvgIpc) is 3.24. The molecule has 0 heterocycles. The van der Waals surface area contributed by atoms with Crippen LogP contribution in [0.15, 0.2) is 84.9 Å². The Hall–Kier alpha value is -3.42. The van der Waals surface area contributed by atoms with Crippen LogP contribution >= 0.6 is 23.2 Å². The van der Waals surface area contributed by atoms with Gasteiger partial charge in [-0.15, -0.1) is 0 Å². The number of aryl methyl sites for hydroxylation is 4. The molecule has 302 valence electrons. The van der Waals surface area contributed by atoms with E-state index in [1.54, 1.807) is 0 Å². The van der Waals surface area contributed by atoms with E-state index in [0.29, 0.717) is 23.7 Å². The van der Waals surface area contributed by atoms with Crippen molar-refractivity contribution in [2.45, 2.75) is 162 Å². The predicted octanol–water partition coefficient (Wildman–Crippen LogP) is 16.3. The van der Waals surface area contributed by atoms with Crippen LogP contribution in [0.3, 0.4) is 0 Å². The van der Waals surface area contributed by atoms with Crippen LogP contribution in [-0.4, -0.2) is 0 Å². The number of halogens is 2. The van der Waals surface area contributed by atoms with E-state index in [-0.39, 0.29) is 0 Å². The van der Waals surface area contributed by atoms with Gasteiger partial charge in [-0.1, -0.05) is 167 Å². The van der Waals surface area contributed by atoms with E-state index in [2.05, 4.69) is 124 Å². The molecule has 0 atom stereocenters. The fourth-order valence-corrected chi connectivity index (χ4v) is 9.13. The normalized spacial score (nSPS) is 19.0. The van der Waals surface area contributed by atoms with Gasteiger partial charge in [0.25, 0.3) is 0 Å². The van der Waals surface area contributed by atoms with E-state index in [9.17, 15) is 0 Å². The SMILES string of the molecule is CCCCCc1ccc(C2CCC(C#Cc3ccc(CCC)c(Cl)c3)CC2)cc1.CCCCc1ccc(C2CCC(C#Cc3ccc(CCC)c(Cl)c3)CC2)cc1. The molecule has 0 bridgehead atoms. The smallest absolute Gasteiger partial charge is 0.0450 e. The zero-order chi connectivity index (χ0) is 40.2. The molecular formula is C55H68Cl2. The summed E-state index contributed by atoms with van der Waals surface area (Å²) in [5.74, 6) is 16.2. The highest BCUT2D eigenvalue weighted by Crippen LogP contribution is 2.37. The van der Waals surface area contributed by atoms with Crippen molar-refractivity contribution in [3.63, 3.8) is 0 Å². The van der Waals surface area contributed by atoms with Gasteiger partial charge < -0.3 is 0 Å². The van der Waals surface area contributed by atoms with Crippen LogP contribution in [0.5, 0.6) is 0 Å². The summed E-state index contributed by atoms with van der Waals surface area (Å²) < 4.78 is 0. The van der Waals surface area contributed by atoms with Gasteiger partial charge in [0.1, 0.15) is 0 Å². The molecule has 0 unspecified atom stereocenters. The molecule has 2 aliphatic carbocycles. The Kier molecular flexibility index (Phi) is 19.2. The van der Waals surface area contributed by atoms with Gasteiger partial charge in [-0.2, -0.15) is 0 Å². The summed E-state index contributed by atoms with van der Waals surface area (Å²) in [7, 11) is 0. The third kappa shape index (κ3) is 14.7. The number of unbranched alkanes of at least 4 members (excludes halogenated alkanes) is 3. The molecule has 0 spiro atoms. The fourth-order valence-electron chi connectivity index (χ4n) is 8.58. The molecule has 2 fully saturated rings. The zero-order valence-corrected chi connectivity index (χ0v) is 37.1. The lowest BCUT2D eigenvalue weighted by molar-refractivity contribution is 0.384. The Bertz CT molecular complexity index is 1900. The standard InChI is InChI=1S/C28H35Cl.C27H33Cl/c1-3-5-6-8-22-11-16-25(17-12-22)26-18-13-23(14-19-26)9-10-24-15-20-27(7-4-2)28(29)21-24;1-3-5-7-21-10-15-24(16-11-21)25-17-12-22(13-18-25)8-9-23-14-19-26(6-4-2)27(28)20-23/h11-12,15-17,20-21,23,26H,3-8,13-14,18-19H2,1-2H3;10-11,14-16,19-20,22,25H,3-7,12-13,17-18H2,1-2H3. The zero-order valence-electron chi connectivity index (χ0n) is 35.6. The summed E-state index contributed by atoms with van der Waals surface area (Å²) in [5.41, 5.74) is 10.6. The van der Waals surface area contributed by atoms with Crippen LogP contribution in [-0.2, 0) is 25.7 Å². The van der Waals surface area contributed by atoms with Crippen LogP contribution in [0.2, 0.25) is 10.0 Å². The van der Waals surface area contributed by atoms with Gasteiger partial charge >= 0.3 is 0 Å². The Balaban J connectivity index is 0.000000218. The quantitative estimate of drug-likeness (QED) is 0.0933. The number of rotatable bonds is 13. The topological polar surface area (TPSA) is 0 Å². The van der Waals surface area contributed by atoms with Gasteiger partial charge in [0.15, 0.2) is 0 Å². The van der Waals surface area contributed by atoms with Crippen molar-refractivity contribution in [1.82, 2.24) is 0 Å². The van der Waals surface area contributed by atoms with Crippen molar-refractivity contribution in [2.75, 3.05) is 0 Å². The molecule has 2 heteroatoms. The van der Waals surface area contributed by atoms with Crippen LogP contribution in [0.4, 0.5) is 0 Å². The summed E-state index contributed by atoms with van der Waals surface area (Å²) in [6.45, 7) is 8.89. The van der Waals surface area contributed by atoms with Crippen LogP contribution in [0.1, 0.15) is 180 Å². The summed E-state index contributed by atoms with van der Waals surface area (Å²) in [6, 6.07) is 31.4. The molecule has 2 saturated carbocycles. The lowest BCUT2D eigenvalue weighted by atomic mass is 9.78. The molecule has 57 heavy (non-hydrogen) atoms. The molecule has 6 rings (SSSR count). The first-order valence-corrected chi connectivity index (χ1v) is 23.4. The summed E-state index contributed by atoms with van der Waals surface area (Å²) >= 11 is 12.8. The molecule has 4 aromatic carbocycles. The first-order chi connectivity index (χ1) is 27.9. The van der Waals surface area contributed by atoms with Crippen LogP contribution < -0.4 is 0 Å². The average molecular weight is 800 g/mol. The van der Waals surface area contributed by atoms with E-state index in [4.69, 9.17) is 23.2 Å². The summed E-state index contributed by atoms with van der Waals surface area (Å²) in [6.07, 6.45) is 23.1. The highest BCUT2D eigenvalue weighted by Gasteiger charge is 2.22. The van der Waals surface area contributed by atoms with Crippen LogP contribution in [0.25, 0.3) is 0 Å². The van der Waals surface area contributed by atoms with Gasteiger partial charge in [0.05, 0.1) is 0 Å². The molecule has 0 aromatic heterocycles. The van der Waals surface area contributed by atoms with E-state index in [1.807, 2.05) is 12.1 Å². The Labute approximate surface area is 358 Å². The summed E-state index contributed by atoms with van der Waals surface area (Å²) in [4.78, 5) is 0. The number of benzene rings is 4. The lowest BCUT2D eigenvalue weighted by Crippen LogP contribution is -2.12. The molecule has 0 radical (unpaired) electrons. The minimum absolute atomic E-state index is 0.522. The van der Waals surface area contributed by atoms with Crippen molar-refractivity contribution in [3.05, 3.63) is 139 Å². The Morgan fingerprint density at radius 3 is 1.21 bits per heavy atom. The summed E-state index contributed by atoms with van der Waals surface area (Å²) in [5, 5.41) is 1.72. The second kappa shape index (κ2) is 24.5. The molecular weight excluding hydrogens is 732 g/mol. The maximum atomic E-state index is 6.40. The first kappa shape index (κ1) is 44.7. The molecule has 0 aliphatic heterocycles. The van der Waals surface area contributed by atoms with Crippen molar-refractivity contribution < 1.29 is 0 Å². The monoisotopic (exact) mass is 798 g/mol. The van der Waals surface area contributed by atoms with Crippen LogP contribution in [0, 0.1) is 35.5 Å². The van der Waals surface area contributed by atoms with Gasteiger partial charge in [-0.3, -0.25) is 0 Å². The maximum Gasteiger partial charge on any atom is 0.0450 e. The highest BCUT2D eigenvalue weighted by molar-refractivity contribution is 6.31. The van der Waals surface area contributed by atoms with Crippen molar-refractivity contribution in [1.29, 1.82) is 0 Å². The van der Waals surface area contributed by atoms with Gasteiger partial charge in [0, 0.05) is 33.0 Å². The Morgan fingerprint density at radius 2 is 0.842 bits per heavy atom.